The normalized spacial score (nSPS) is 26.2. The van der Waals surface area contributed by atoms with Gasteiger partial charge < -0.3 is 9.84 Å². The summed E-state index contributed by atoms with van der Waals surface area (Å²) in [5, 5.41) is 10.4. The van der Waals surface area contributed by atoms with E-state index in [1.165, 1.54) is 18.1 Å². The maximum absolute atomic E-state index is 13.8. The molecule has 4 atom stereocenters. The van der Waals surface area contributed by atoms with E-state index in [1.807, 2.05) is 36.4 Å². The van der Waals surface area contributed by atoms with E-state index in [4.69, 9.17) is 16.3 Å². The molecule has 4 aliphatic rings. The van der Waals surface area contributed by atoms with Crippen molar-refractivity contribution in [3.05, 3.63) is 93.1 Å². The number of hydrogen-bond acceptors (Lipinski definition) is 6. The van der Waals surface area contributed by atoms with Gasteiger partial charge in [-0.1, -0.05) is 53.6 Å². The van der Waals surface area contributed by atoms with Gasteiger partial charge in [0, 0.05) is 22.6 Å². The molecule has 7 nitrogen and oxygen atoms in total. The van der Waals surface area contributed by atoms with E-state index in [2.05, 4.69) is 0 Å². The lowest BCUT2D eigenvalue weighted by Crippen LogP contribution is -2.39. The zero-order chi connectivity index (χ0) is 27.6. The van der Waals surface area contributed by atoms with Gasteiger partial charge in [0.25, 0.3) is 0 Å². The quantitative estimate of drug-likeness (QED) is 0.341. The van der Waals surface area contributed by atoms with E-state index >= 15 is 0 Å². The number of likely N-dealkylation sites (tertiary alicyclic amines) is 1. The number of phenols is 1. The molecular weight excluding hydrogens is 518 g/mol. The first-order valence-corrected chi connectivity index (χ1v) is 13.2. The van der Waals surface area contributed by atoms with Crippen molar-refractivity contribution < 1.29 is 29.0 Å². The average Bonchev–Trinajstić information content (AvgIpc) is 3.17. The summed E-state index contributed by atoms with van der Waals surface area (Å²) in [5.74, 6) is -3.32. The standard InChI is InChI=1S/C31H26ClNO6/c1-15-10-23(34)21-13-20-18(25(27(21)28(15)35)17-11-22(32)29(36)24(12-17)39-2)8-9-19-26(20)31(38)33(30(19)37)14-16-6-4-3-5-7-16/h3-8,10-12,19-20,25-26,36H,9,13-14H2,1-2H3/t19-,20+,25-,26-/m0/s1. The van der Waals surface area contributed by atoms with Crippen LogP contribution in [0, 0.1) is 17.8 Å². The highest BCUT2D eigenvalue weighted by Crippen LogP contribution is 2.56. The Morgan fingerprint density at radius 2 is 1.79 bits per heavy atom. The molecule has 0 bridgehead atoms. The van der Waals surface area contributed by atoms with E-state index in [1.54, 1.807) is 19.1 Å². The van der Waals surface area contributed by atoms with Gasteiger partial charge in [-0.25, -0.2) is 0 Å². The molecule has 2 aromatic rings. The third-order valence-electron chi connectivity index (χ3n) is 8.44. The molecule has 1 saturated heterocycles. The molecule has 0 aromatic heterocycles. The summed E-state index contributed by atoms with van der Waals surface area (Å²) in [6, 6.07) is 12.5. The van der Waals surface area contributed by atoms with Crippen molar-refractivity contribution in [1.82, 2.24) is 4.90 Å². The summed E-state index contributed by atoms with van der Waals surface area (Å²) >= 11 is 6.35. The fraction of sp³-hybridized carbons (Fsp3) is 0.290. The lowest BCUT2D eigenvalue weighted by atomic mass is 9.59. The smallest absolute Gasteiger partial charge is 0.234 e. The number of halogens is 1. The Hall–Kier alpha value is -3.97. The minimum Gasteiger partial charge on any atom is -0.503 e. The van der Waals surface area contributed by atoms with Crippen LogP contribution in [0.15, 0.2) is 76.9 Å². The van der Waals surface area contributed by atoms with Gasteiger partial charge in [0.15, 0.2) is 23.1 Å². The first-order chi connectivity index (χ1) is 18.7. The van der Waals surface area contributed by atoms with Crippen LogP contribution in [0.3, 0.4) is 0 Å². The van der Waals surface area contributed by atoms with Crippen molar-refractivity contribution in [3.63, 3.8) is 0 Å². The largest absolute Gasteiger partial charge is 0.503 e. The minimum absolute atomic E-state index is 0.0471. The number of aromatic hydroxyl groups is 1. The van der Waals surface area contributed by atoms with Gasteiger partial charge in [-0.15, -0.1) is 0 Å². The number of benzene rings is 2. The number of imide groups is 1. The van der Waals surface area contributed by atoms with Gasteiger partial charge in [0.1, 0.15) is 0 Å². The van der Waals surface area contributed by atoms with Crippen LogP contribution in [0.1, 0.15) is 36.8 Å². The molecule has 2 amide bonds. The van der Waals surface area contributed by atoms with Crippen LogP contribution in [0.25, 0.3) is 0 Å². The van der Waals surface area contributed by atoms with Gasteiger partial charge >= 0.3 is 0 Å². The molecule has 0 saturated carbocycles. The van der Waals surface area contributed by atoms with Crippen LogP contribution >= 0.6 is 11.6 Å². The molecule has 1 fully saturated rings. The summed E-state index contributed by atoms with van der Waals surface area (Å²) in [6.45, 7) is 1.80. The molecule has 2 aromatic carbocycles. The molecule has 0 unspecified atom stereocenters. The molecule has 1 aliphatic heterocycles. The molecule has 0 radical (unpaired) electrons. The van der Waals surface area contributed by atoms with Gasteiger partial charge in [0.05, 0.1) is 30.5 Å². The zero-order valence-electron chi connectivity index (χ0n) is 21.4. The summed E-state index contributed by atoms with van der Waals surface area (Å²) < 4.78 is 5.33. The summed E-state index contributed by atoms with van der Waals surface area (Å²) in [4.78, 5) is 55.4. The van der Waals surface area contributed by atoms with Crippen LogP contribution in [-0.4, -0.2) is 40.5 Å². The Labute approximate surface area is 230 Å². The first-order valence-electron chi connectivity index (χ1n) is 12.9. The number of rotatable bonds is 4. The second kappa shape index (κ2) is 9.35. The fourth-order valence-corrected chi connectivity index (χ4v) is 6.86. The van der Waals surface area contributed by atoms with Crippen LogP contribution < -0.4 is 4.74 Å². The Balaban J connectivity index is 1.47. The van der Waals surface area contributed by atoms with E-state index in [-0.39, 0.29) is 52.9 Å². The molecular formula is C31H26ClNO6. The van der Waals surface area contributed by atoms with Gasteiger partial charge in [0.2, 0.25) is 11.8 Å². The highest BCUT2D eigenvalue weighted by Gasteiger charge is 2.56. The van der Waals surface area contributed by atoms with E-state index in [0.29, 0.717) is 28.7 Å². The minimum atomic E-state index is -0.669. The molecule has 8 heteroatoms. The van der Waals surface area contributed by atoms with Crippen LogP contribution in [-0.2, 0) is 25.7 Å². The predicted octanol–water partition coefficient (Wildman–Crippen LogP) is 4.68. The van der Waals surface area contributed by atoms with Crippen molar-refractivity contribution in [1.29, 1.82) is 0 Å². The average molecular weight is 544 g/mol. The van der Waals surface area contributed by atoms with Crippen molar-refractivity contribution in [2.45, 2.75) is 32.2 Å². The lowest BCUT2D eigenvalue weighted by molar-refractivity contribution is -0.140. The summed E-state index contributed by atoms with van der Waals surface area (Å²) in [6.07, 6.45) is 3.86. The Kier molecular flexibility index (Phi) is 6.07. The van der Waals surface area contributed by atoms with E-state index < -0.39 is 23.7 Å². The second-order valence-electron chi connectivity index (χ2n) is 10.5. The van der Waals surface area contributed by atoms with Crippen molar-refractivity contribution in [3.8, 4) is 11.5 Å². The van der Waals surface area contributed by atoms with Crippen molar-refractivity contribution in [2.24, 2.45) is 17.8 Å². The molecule has 1 heterocycles. The van der Waals surface area contributed by atoms with Gasteiger partial charge in [-0.2, -0.15) is 0 Å². The number of phenolic OH excluding ortho intramolecular Hbond substituents is 1. The van der Waals surface area contributed by atoms with Gasteiger partial charge in [-0.3, -0.25) is 24.1 Å². The number of carbonyl (C=O) groups is 4. The van der Waals surface area contributed by atoms with E-state index in [0.717, 1.165) is 11.1 Å². The number of fused-ring (bicyclic) bond motifs is 3. The van der Waals surface area contributed by atoms with Gasteiger partial charge in [-0.05, 0) is 55.0 Å². The summed E-state index contributed by atoms with van der Waals surface area (Å²) in [7, 11) is 1.40. The number of ketones is 2. The highest BCUT2D eigenvalue weighted by molar-refractivity contribution is 6.32. The SMILES string of the molecule is COc1cc([C@H]2C3=CC[C@@H]4C(=O)N(Cc5ccccc5)C(=O)[C@@H]4[C@@H]3CC3=C2C(=O)C(C)=CC3=O)cc(Cl)c1O. The highest BCUT2D eigenvalue weighted by atomic mass is 35.5. The number of hydrogen-bond donors (Lipinski definition) is 1. The number of amides is 2. The molecule has 6 rings (SSSR count). The topological polar surface area (TPSA) is 101 Å². The number of Topliss-reactive ketones (excluding diaryl/α,β-unsaturated/α-hetero) is 1. The fourth-order valence-electron chi connectivity index (χ4n) is 6.64. The van der Waals surface area contributed by atoms with Crippen LogP contribution in [0.2, 0.25) is 5.02 Å². The number of carbonyl (C=O) groups excluding carboxylic acids is 4. The number of methoxy groups -OCH3 is 1. The molecule has 3 aliphatic carbocycles. The number of ether oxygens (including phenoxy) is 1. The number of allylic oxidation sites excluding steroid dienone is 6. The molecule has 1 N–H and O–H groups in total. The maximum Gasteiger partial charge on any atom is 0.234 e. The Bertz CT molecular complexity index is 1550. The molecule has 198 valence electrons. The predicted molar refractivity (Wildman–Crippen MR) is 143 cm³/mol. The second-order valence-corrected chi connectivity index (χ2v) is 10.9. The van der Waals surface area contributed by atoms with Crippen molar-refractivity contribution in [2.75, 3.05) is 7.11 Å². The Morgan fingerprint density at radius 1 is 1.05 bits per heavy atom. The monoisotopic (exact) mass is 543 g/mol. The third-order valence-corrected chi connectivity index (χ3v) is 8.73. The Morgan fingerprint density at radius 3 is 2.51 bits per heavy atom. The zero-order valence-corrected chi connectivity index (χ0v) is 22.2. The van der Waals surface area contributed by atoms with Crippen LogP contribution in [0.4, 0.5) is 0 Å². The molecule has 0 spiro atoms. The third kappa shape index (κ3) is 3.87. The number of nitrogens with zero attached hydrogens (tertiary/aromatic N) is 1. The molecule has 39 heavy (non-hydrogen) atoms. The maximum atomic E-state index is 13.8. The lowest BCUT2D eigenvalue weighted by Gasteiger charge is -2.42. The summed E-state index contributed by atoms with van der Waals surface area (Å²) in [5.41, 5.74) is 3.32. The van der Waals surface area contributed by atoms with Crippen molar-refractivity contribution >= 4 is 35.0 Å². The first kappa shape index (κ1) is 25.3. The van der Waals surface area contributed by atoms with Crippen LogP contribution in [0.5, 0.6) is 11.5 Å². The van der Waals surface area contributed by atoms with E-state index in [9.17, 15) is 24.3 Å².